The van der Waals surface area contributed by atoms with Crippen LogP contribution >= 0.6 is 0 Å². The maximum absolute atomic E-state index is 12.1. The van der Waals surface area contributed by atoms with Crippen molar-refractivity contribution >= 4 is 6.09 Å². The van der Waals surface area contributed by atoms with Crippen LogP contribution < -0.4 is 5.32 Å². The van der Waals surface area contributed by atoms with Gasteiger partial charge in [0.1, 0.15) is 17.2 Å². The van der Waals surface area contributed by atoms with Crippen LogP contribution in [0.1, 0.15) is 51.7 Å². The van der Waals surface area contributed by atoms with Crippen LogP contribution in [-0.4, -0.2) is 51.0 Å². The minimum atomic E-state index is -0.423. The van der Waals surface area contributed by atoms with Crippen molar-refractivity contribution in [3.8, 4) is 0 Å². The van der Waals surface area contributed by atoms with Gasteiger partial charge in [-0.25, -0.2) is 4.79 Å². The summed E-state index contributed by atoms with van der Waals surface area (Å²) in [6, 6.07) is 0. The highest BCUT2D eigenvalue weighted by atomic mass is 16.6. The average Bonchev–Trinajstić information content (AvgIpc) is 3.11. The zero-order valence-electron chi connectivity index (χ0n) is 15.0. The van der Waals surface area contributed by atoms with Gasteiger partial charge < -0.3 is 19.5 Å². The molecule has 7 heteroatoms. The van der Waals surface area contributed by atoms with E-state index in [1.165, 1.54) is 6.42 Å². The quantitative estimate of drug-likeness (QED) is 0.911. The van der Waals surface area contributed by atoms with E-state index in [2.05, 4.69) is 20.1 Å². The number of fused-ring (bicyclic) bond motifs is 1. The van der Waals surface area contributed by atoms with Gasteiger partial charge in [-0.15, -0.1) is 10.2 Å². The van der Waals surface area contributed by atoms with Gasteiger partial charge in [0.15, 0.2) is 0 Å². The summed E-state index contributed by atoms with van der Waals surface area (Å²) in [7, 11) is 0. The molecule has 1 aromatic rings. The number of aromatic nitrogens is 3. The first-order valence-corrected chi connectivity index (χ1v) is 9.02. The summed E-state index contributed by atoms with van der Waals surface area (Å²) in [4.78, 5) is 13.9. The van der Waals surface area contributed by atoms with Gasteiger partial charge in [0.2, 0.25) is 0 Å². The van der Waals surface area contributed by atoms with Crippen LogP contribution in [-0.2, 0) is 24.2 Å². The number of piperidine rings is 1. The Kier molecular flexibility index (Phi) is 5.08. The third-order valence-corrected chi connectivity index (χ3v) is 4.67. The zero-order valence-corrected chi connectivity index (χ0v) is 15.0. The number of rotatable bonds is 4. The Hall–Kier alpha value is -1.63. The molecular weight excluding hydrogens is 306 g/mol. The molecule has 0 bridgehead atoms. The van der Waals surface area contributed by atoms with Crippen molar-refractivity contribution < 1.29 is 9.53 Å². The lowest BCUT2D eigenvalue weighted by atomic mass is 9.97. The van der Waals surface area contributed by atoms with Crippen molar-refractivity contribution in [1.82, 2.24) is 25.0 Å². The standard InChI is InChI=1S/C17H29N5O2/c1-17(2,3)24-16(23)21-9-6-13(7-10-21)11-18-12-15-20-19-14-5-4-8-22(14)15/h13,18H,4-12H2,1-3H3. The van der Waals surface area contributed by atoms with Crippen molar-refractivity contribution in [1.29, 1.82) is 0 Å². The topological polar surface area (TPSA) is 72.3 Å². The summed E-state index contributed by atoms with van der Waals surface area (Å²) < 4.78 is 7.67. The van der Waals surface area contributed by atoms with Crippen LogP contribution in [0.4, 0.5) is 4.79 Å². The van der Waals surface area contributed by atoms with Crippen LogP contribution in [0.3, 0.4) is 0 Å². The van der Waals surface area contributed by atoms with E-state index in [-0.39, 0.29) is 6.09 Å². The molecule has 2 aliphatic rings. The van der Waals surface area contributed by atoms with E-state index in [1.807, 2.05) is 25.7 Å². The lowest BCUT2D eigenvalue weighted by Crippen LogP contribution is -2.43. The molecule has 3 rings (SSSR count). The summed E-state index contributed by atoms with van der Waals surface area (Å²) in [6.45, 7) is 10.1. The molecule has 24 heavy (non-hydrogen) atoms. The van der Waals surface area contributed by atoms with E-state index in [0.717, 1.165) is 63.6 Å². The van der Waals surface area contributed by atoms with E-state index in [0.29, 0.717) is 5.92 Å². The Balaban J connectivity index is 1.37. The maximum atomic E-state index is 12.1. The fraction of sp³-hybridized carbons (Fsp3) is 0.824. The summed E-state index contributed by atoms with van der Waals surface area (Å²) in [5, 5.41) is 12.0. The number of nitrogens with zero attached hydrogens (tertiary/aromatic N) is 4. The molecule has 0 aliphatic carbocycles. The molecular formula is C17H29N5O2. The highest BCUT2D eigenvalue weighted by molar-refractivity contribution is 5.68. The number of carbonyl (C=O) groups excluding carboxylic acids is 1. The predicted octanol–water partition coefficient (Wildman–Crippen LogP) is 1.96. The largest absolute Gasteiger partial charge is 0.444 e. The molecule has 1 saturated heterocycles. The Labute approximate surface area is 143 Å². The second-order valence-corrected chi connectivity index (χ2v) is 7.83. The third kappa shape index (κ3) is 4.26. The Morgan fingerprint density at radius 1 is 1.25 bits per heavy atom. The van der Waals surface area contributed by atoms with Crippen molar-refractivity contribution in [2.24, 2.45) is 5.92 Å². The van der Waals surface area contributed by atoms with Crippen molar-refractivity contribution in [3.63, 3.8) is 0 Å². The molecule has 1 N–H and O–H groups in total. The molecule has 0 radical (unpaired) electrons. The fourth-order valence-electron chi connectivity index (χ4n) is 3.38. The summed E-state index contributed by atoms with van der Waals surface area (Å²) >= 11 is 0. The number of nitrogens with one attached hydrogen (secondary N) is 1. The Morgan fingerprint density at radius 3 is 2.71 bits per heavy atom. The van der Waals surface area contributed by atoms with Gasteiger partial charge in [0.05, 0.1) is 6.54 Å². The highest BCUT2D eigenvalue weighted by Crippen LogP contribution is 2.19. The van der Waals surface area contributed by atoms with Crippen LogP contribution in [0.5, 0.6) is 0 Å². The van der Waals surface area contributed by atoms with Gasteiger partial charge in [-0.2, -0.15) is 0 Å². The Bertz CT molecular complexity index is 570. The van der Waals surface area contributed by atoms with Crippen LogP contribution in [0.2, 0.25) is 0 Å². The fourth-order valence-corrected chi connectivity index (χ4v) is 3.38. The van der Waals surface area contributed by atoms with E-state index < -0.39 is 5.60 Å². The minimum Gasteiger partial charge on any atom is -0.444 e. The molecule has 3 heterocycles. The smallest absolute Gasteiger partial charge is 0.410 e. The SMILES string of the molecule is CC(C)(C)OC(=O)N1CCC(CNCc2nnc3n2CCC3)CC1. The molecule has 2 aliphatic heterocycles. The van der Waals surface area contributed by atoms with Crippen molar-refractivity contribution in [2.75, 3.05) is 19.6 Å². The number of hydrogen-bond acceptors (Lipinski definition) is 5. The third-order valence-electron chi connectivity index (χ3n) is 4.67. The molecule has 1 fully saturated rings. The number of hydrogen-bond donors (Lipinski definition) is 1. The number of amides is 1. The first-order chi connectivity index (χ1) is 11.4. The highest BCUT2D eigenvalue weighted by Gasteiger charge is 2.26. The molecule has 0 unspecified atom stereocenters. The molecule has 1 aromatic heterocycles. The molecule has 0 aromatic carbocycles. The molecule has 0 atom stereocenters. The lowest BCUT2D eigenvalue weighted by Gasteiger charge is -2.33. The predicted molar refractivity (Wildman–Crippen MR) is 90.6 cm³/mol. The van der Waals surface area contributed by atoms with Gasteiger partial charge in [0.25, 0.3) is 0 Å². The van der Waals surface area contributed by atoms with Gasteiger partial charge in [-0.05, 0) is 52.5 Å². The van der Waals surface area contributed by atoms with Gasteiger partial charge in [-0.3, -0.25) is 0 Å². The maximum Gasteiger partial charge on any atom is 0.410 e. The summed E-state index contributed by atoms with van der Waals surface area (Å²) in [5.74, 6) is 2.77. The second-order valence-electron chi connectivity index (χ2n) is 7.83. The number of aryl methyl sites for hydroxylation is 1. The number of likely N-dealkylation sites (tertiary alicyclic amines) is 1. The van der Waals surface area contributed by atoms with E-state index in [4.69, 9.17) is 4.74 Å². The first-order valence-electron chi connectivity index (χ1n) is 9.02. The normalized spacial score (nSPS) is 18.7. The van der Waals surface area contributed by atoms with Crippen LogP contribution in [0.25, 0.3) is 0 Å². The second kappa shape index (κ2) is 7.09. The van der Waals surface area contributed by atoms with Gasteiger partial charge in [-0.1, -0.05) is 0 Å². The van der Waals surface area contributed by atoms with Crippen LogP contribution in [0, 0.1) is 5.92 Å². The van der Waals surface area contributed by atoms with E-state index in [9.17, 15) is 4.79 Å². The monoisotopic (exact) mass is 335 g/mol. The zero-order chi connectivity index (χ0) is 17.2. The van der Waals surface area contributed by atoms with E-state index in [1.54, 1.807) is 0 Å². The van der Waals surface area contributed by atoms with Gasteiger partial charge >= 0.3 is 6.09 Å². The molecule has 0 saturated carbocycles. The van der Waals surface area contributed by atoms with Gasteiger partial charge in [0, 0.05) is 26.1 Å². The van der Waals surface area contributed by atoms with E-state index >= 15 is 0 Å². The summed E-state index contributed by atoms with van der Waals surface area (Å²) in [5.41, 5.74) is -0.423. The van der Waals surface area contributed by atoms with Crippen molar-refractivity contribution in [3.05, 3.63) is 11.6 Å². The molecule has 1 amide bonds. The number of carbonyl (C=O) groups is 1. The Morgan fingerprint density at radius 2 is 2.00 bits per heavy atom. The minimum absolute atomic E-state index is 0.187. The van der Waals surface area contributed by atoms with Crippen molar-refractivity contribution in [2.45, 2.75) is 65.1 Å². The van der Waals surface area contributed by atoms with Crippen LogP contribution in [0.15, 0.2) is 0 Å². The molecule has 0 spiro atoms. The average molecular weight is 335 g/mol. The molecule has 7 nitrogen and oxygen atoms in total. The first kappa shape index (κ1) is 17.2. The summed E-state index contributed by atoms with van der Waals surface area (Å²) in [6.07, 6.45) is 4.08. The number of ether oxygens (including phenoxy) is 1. The molecule has 134 valence electrons. The lowest BCUT2D eigenvalue weighted by molar-refractivity contribution is 0.0184.